The van der Waals surface area contributed by atoms with Gasteiger partial charge in [0.05, 0.1) is 44.3 Å². The molecule has 4 aliphatic rings. The van der Waals surface area contributed by atoms with E-state index in [4.69, 9.17) is 33.2 Å². The molecular weight excluding hydrogens is 867 g/mol. The topological polar surface area (TPSA) is 324 Å². The van der Waals surface area contributed by atoms with Gasteiger partial charge in [0.15, 0.2) is 25.0 Å². The molecule has 1 amide bonds. The van der Waals surface area contributed by atoms with E-state index in [1.54, 1.807) is 13.0 Å². The van der Waals surface area contributed by atoms with E-state index in [1.165, 1.54) is 42.9 Å². The van der Waals surface area contributed by atoms with Gasteiger partial charge < -0.3 is 84.4 Å². The SMILES string of the molecule is CCC[C@H](OC1C(NC(C)=O)[C@H](O[C@@H]2CC(CO[C@H]3OC(CO)[C@@H](O)C(n4cc(-c5cccc(F)c5)nn4)C3O)CC(CC)C2O[C@@H]2OC(C)[C@H](O)C(O)C2O)OC(CO)[C@@H]1O)C(=O)O. The number of aliphatic hydroxyl groups excluding tert-OH is 8. The zero-order valence-corrected chi connectivity index (χ0v) is 36.5. The van der Waals surface area contributed by atoms with Crippen LogP contribution < -0.4 is 5.32 Å². The second kappa shape index (κ2) is 22.6. The van der Waals surface area contributed by atoms with Crippen LogP contribution in [0.1, 0.15) is 65.8 Å². The Hall–Kier alpha value is -3.37. The van der Waals surface area contributed by atoms with Crippen LogP contribution in [0.4, 0.5) is 4.39 Å². The van der Waals surface area contributed by atoms with Crippen LogP contribution >= 0.6 is 0 Å². The summed E-state index contributed by atoms with van der Waals surface area (Å²) in [5, 5.41) is 107. The van der Waals surface area contributed by atoms with Crippen molar-refractivity contribution >= 4 is 11.9 Å². The molecular formula is C42H63FN4O18. The van der Waals surface area contributed by atoms with Crippen LogP contribution in [-0.4, -0.2) is 197 Å². The lowest BCUT2D eigenvalue weighted by atomic mass is 9.76. The summed E-state index contributed by atoms with van der Waals surface area (Å²) in [6.07, 6.45) is -19.6. The summed E-state index contributed by atoms with van der Waals surface area (Å²) < 4.78 is 58.2. The minimum atomic E-state index is -1.70. The van der Waals surface area contributed by atoms with Gasteiger partial charge in [0.1, 0.15) is 78.5 Å². The lowest BCUT2D eigenvalue weighted by Gasteiger charge is -2.49. The first-order valence-corrected chi connectivity index (χ1v) is 22.0. The van der Waals surface area contributed by atoms with Gasteiger partial charge in [-0.3, -0.25) is 4.79 Å². The smallest absolute Gasteiger partial charge is 0.332 e. The zero-order valence-electron chi connectivity index (χ0n) is 36.5. The second-order valence-electron chi connectivity index (χ2n) is 17.2. The Morgan fingerprint density at radius 1 is 0.892 bits per heavy atom. The van der Waals surface area contributed by atoms with E-state index < -0.39 is 153 Å². The summed E-state index contributed by atoms with van der Waals surface area (Å²) >= 11 is 0. The van der Waals surface area contributed by atoms with Crippen molar-refractivity contribution in [2.75, 3.05) is 19.8 Å². The number of carboxylic acid groups (broad SMARTS) is 1. The molecule has 6 rings (SSSR count). The molecule has 4 fully saturated rings. The number of carbonyl (C=O) groups excluding carboxylic acids is 1. The summed E-state index contributed by atoms with van der Waals surface area (Å²) in [6, 6.07) is 3.02. The van der Waals surface area contributed by atoms with E-state index in [0.717, 1.165) is 0 Å². The first-order chi connectivity index (χ1) is 31.0. The minimum Gasteiger partial charge on any atom is -0.479 e. The van der Waals surface area contributed by atoms with Crippen molar-refractivity contribution in [3.05, 3.63) is 36.3 Å². The Labute approximate surface area is 374 Å². The highest BCUT2D eigenvalue weighted by molar-refractivity contribution is 5.73. The Balaban J connectivity index is 1.27. The summed E-state index contributed by atoms with van der Waals surface area (Å²) in [4.78, 5) is 24.9. The van der Waals surface area contributed by atoms with E-state index in [-0.39, 0.29) is 25.1 Å². The fourth-order valence-electron chi connectivity index (χ4n) is 9.13. The number of nitrogens with zero attached hydrogens (tertiary/aromatic N) is 3. The molecule has 1 saturated carbocycles. The molecule has 20 atom stereocenters. The monoisotopic (exact) mass is 930 g/mol. The predicted molar refractivity (Wildman–Crippen MR) is 217 cm³/mol. The molecule has 366 valence electrons. The Kier molecular flexibility index (Phi) is 17.8. The minimum absolute atomic E-state index is 0.0511. The highest BCUT2D eigenvalue weighted by Gasteiger charge is 2.53. The van der Waals surface area contributed by atoms with Crippen LogP contribution in [0.2, 0.25) is 0 Å². The average Bonchev–Trinajstić information content (AvgIpc) is 3.76. The van der Waals surface area contributed by atoms with Gasteiger partial charge in [-0.1, -0.05) is 44.0 Å². The Morgan fingerprint density at radius 2 is 1.60 bits per heavy atom. The van der Waals surface area contributed by atoms with Gasteiger partial charge in [-0.25, -0.2) is 13.9 Å². The average molecular weight is 931 g/mol. The molecule has 3 saturated heterocycles. The Morgan fingerprint density at radius 3 is 2.25 bits per heavy atom. The number of amides is 1. The lowest BCUT2D eigenvalue weighted by Crippen LogP contribution is -2.67. The van der Waals surface area contributed by atoms with Crippen LogP contribution in [-0.2, 0) is 42.7 Å². The van der Waals surface area contributed by atoms with E-state index in [1.807, 2.05) is 6.92 Å². The molecule has 23 heteroatoms. The first-order valence-electron chi connectivity index (χ1n) is 22.0. The quantitative estimate of drug-likeness (QED) is 0.0800. The number of hydrogen-bond donors (Lipinski definition) is 10. The molecule has 3 aliphatic heterocycles. The lowest BCUT2D eigenvalue weighted by molar-refractivity contribution is -0.340. The summed E-state index contributed by atoms with van der Waals surface area (Å²) in [5.74, 6) is -3.31. The number of ether oxygens (including phenoxy) is 7. The van der Waals surface area contributed by atoms with Gasteiger partial charge in [0, 0.05) is 12.5 Å². The number of nitrogens with one attached hydrogen (secondary N) is 1. The van der Waals surface area contributed by atoms with Crippen molar-refractivity contribution in [3.63, 3.8) is 0 Å². The van der Waals surface area contributed by atoms with Crippen molar-refractivity contribution < 1.29 is 93.1 Å². The van der Waals surface area contributed by atoms with Gasteiger partial charge >= 0.3 is 5.97 Å². The third-order valence-corrected chi connectivity index (χ3v) is 12.6. The normalized spacial score (nSPS) is 39.4. The molecule has 2 aromatic rings. The number of benzene rings is 1. The maximum Gasteiger partial charge on any atom is 0.332 e. The highest BCUT2D eigenvalue weighted by Crippen LogP contribution is 2.41. The molecule has 65 heavy (non-hydrogen) atoms. The second-order valence-corrected chi connectivity index (χ2v) is 17.2. The molecule has 1 aromatic carbocycles. The zero-order chi connectivity index (χ0) is 47.3. The molecule has 1 aromatic heterocycles. The van der Waals surface area contributed by atoms with Crippen molar-refractivity contribution in [1.82, 2.24) is 20.3 Å². The van der Waals surface area contributed by atoms with E-state index >= 15 is 0 Å². The summed E-state index contributed by atoms with van der Waals surface area (Å²) in [5.41, 5.74) is 0.640. The number of carbonyl (C=O) groups is 2. The maximum absolute atomic E-state index is 14.0. The van der Waals surface area contributed by atoms with Gasteiger partial charge in [-0.15, -0.1) is 5.10 Å². The van der Waals surface area contributed by atoms with Crippen LogP contribution in [0.25, 0.3) is 11.3 Å². The van der Waals surface area contributed by atoms with E-state index in [0.29, 0.717) is 24.8 Å². The summed E-state index contributed by atoms with van der Waals surface area (Å²) in [6.45, 7) is 4.74. The fraction of sp³-hybridized carbons (Fsp3) is 0.762. The third-order valence-electron chi connectivity index (χ3n) is 12.6. The largest absolute Gasteiger partial charge is 0.479 e. The molecule has 4 heterocycles. The van der Waals surface area contributed by atoms with Gasteiger partial charge in [-0.05, 0) is 50.2 Å². The van der Waals surface area contributed by atoms with Crippen molar-refractivity contribution in [1.29, 1.82) is 0 Å². The van der Waals surface area contributed by atoms with Crippen molar-refractivity contribution in [2.24, 2.45) is 11.8 Å². The van der Waals surface area contributed by atoms with Gasteiger partial charge in [0.25, 0.3) is 0 Å². The van der Waals surface area contributed by atoms with E-state index in [9.17, 15) is 59.9 Å². The molecule has 0 bridgehead atoms. The van der Waals surface area contributed by atoms with Crippen molar-refractivity contribution in [3.8, 4) is 11.3 Å². The number of carboxylic acids is 1. The maximum atomic E-state index is 14.0. The fourth-order valence-corrected chi connectivity index (χ4v) is 9.13. The number of halogens is 1. The standard InChI is InChI=1S/C42H63FN4O18/c1-5-8-25(39(57)58)61-38-29(44-19(4)50)40(63-28(16-49)33(38)53)62-26-12-20(11-21(6-2)37(26)65-42-36(56)35(55)31(51)18(3)60-42)17-59-41-34(54)30(32(52)27(15-48)64-41)47-14-24(45-46-47)22-9-7-10-23(43)13-22/h7,9-10,13-14,18,20-21,25-38,40-42,48-49,51-56H,5-6,8,11-12,15-17H2,1-4H3,(H,44,50)(H,57,58)/t18?,20?,21?,25-,26+,27?,28?,29?,30?,31-,32+,33-,34?,35?,36?,37?,38?,40+,41-,42-/m0/s1. The molecule has 1 aliphatic carbocycles. The number of aliphatic carboxylic acids is 1. The van der Waals surface area contributed by atoms with Crippen LogP contribution in [0.5, 0.6) is 0 Å². The molecule has 10 N–H and O–H groups in total. The third kappa shape index (κ3) is 11.7. The summed E-state index contributed by atoms with van der Waals surface area (Å²) in [7, 11) is 0. The number of aliphatic hydroxyl groups is 8. The Bertz CT molecular complexity index is 1850. The molecule has 22 nitrogen and oxygen atoms in total. The molecule has 0 spiro atoms. The predicted octanol–water partition coefficient (Wildman–Crippen LogP) is -1.66. The first kappa shape index (κ1) is 51.0. The van der Waals surface area contributed by atoms with Crippen LogP contribution in [0.3, 0.4) is 0 Å². The van der Waals surface area contributed by atoms with Gasteiger partial charge in [-0.2, -0.15) is 0 Å². The molecule has 0 radical (unpaired) electrons. The number of hydrogen-bond acceptors (Lipinski definition) is 19. The molecule has 12 unspecified atom stereocenters. The number of aromatic nitrogens is 3. The number of rotatable bonds is 18. The van der Waals surface area contributed by atoms with Crippen molar-refractivity contribution in [2.45, 2.75) is 170 Å². The van der Waals surface area contributed by atoms with Gasteiger partial charge in [0.2, 0.25) is 5.91 Å². The van der Waals surface area contributed by atoms with Crippen LogP contribution in [0, 0.1) is 17.7 Å². The van der Waals surface area contributed by atoms with Crippen LogP contribution in [0.15, 0.2) is 30.5 Å². The van der Waals surface area contributed by atoms with E-state index in [2.05, 4.69) is 15.6 Å². The highest BCUT2D eigenvalue weighted by atomic mass is 19.1.